The second kappa shape index (κ2) is 9.62. The van der Waals surface area contributed by atoms with Crippen molar-refractivity contribution in [3.63, 3.8) is 0 Å². The van der Waals surface area contributed by atoms with Crippen LogP contribution in [-0.4, -0.2) is 30.5 Å². The zero-order chi connectivity index (χ0) is 25.2. The van der Waals surface area contributed by atoms with Gasteiger partial charge >= 0.3 is 0 Å². The molecule has 0 saturated heterocycles. The predicted octanol–water partition coefficient (Wildman–Crippen LogP) is 6.01. The van der Waals surface area contributed by atoms with E-state index >= 15 is 0 Å². The summed E-state index contributed by atoms with van der Waals surface area (Å²) in [6.07, 6.45) is 0.831. The molecule has 1 atom stereocenters. The van der Waals surface area contributed by atoms with Gasteiger partial charge in [0.15, 0.2) is 11.5 Å². The molecule has 1 aliphatic heterocycles. The summed E-state index contributed by atoms with van der Waals surface area (Å²) in [5.41, 5.74) is 1.57. The molecule has 3 aromatic carbocycles. The van der Waals surface area contributed by atoms with Crippen LogP contribution in [0.4, 0.5) is 5.69 Å². The third-order valence-corrected chi connectivity index (χ3v) is 6.08. The van der Waals surface area contributed by atoms with Gasteiger partial charge < -0.3 is 19.0 Å². The lowest BCUT2D eigenvalue weighted by molar-refractivity contribution is -0.117. The lowest BCUT2D eigenvalue weighted by atomic mass is 9.94. The highest BCUT2D eigenvalue weighted by Crippen LogP contribution is 2.43. The van der Waals surface area contributed by atoms with Crippen molar-refractivity contribution >= 4 is 28.3 Å². The molecule has 4 aromatic rings. The van der Waals surface area contributed by atoms with E-state index in [4.69, 9.17) is 13.9 Å². The van der Waals surface area contributed by atoms with Gasteiger partial charge in [-0.15, -0.1) is 0 Å². The molecule has 0 fully saturated rings. The molecular formula is C29H25NO6. The molecule has 0 bridgehead atoms. The van der Waals surface area contributed by atoms with Crippen LogP contribution in [0.2, 0.25) is 0 Å². The number of ether oxygens (including phenoxy) is 2. The van der Waals surface area contributed by atoms with E-state index < -0.39 is 23.5 Å². The number of aliphatic hydroxyl groups is 1. The van der Waals surface area contributed by atoms with Crippen molar-refractivity contribution in [2.45, 2.75) is 19.4 Å². The summed E-state index contributed by atoms with van der Waals surface area (Å²) in [6, 6.07) is 22.1. The summed E-state index contributed by atoms with van der Waals surface area (Å²) < 4.78 is 16.9. The number of furan rings is 1. The van der Waals surface area contributed by atoms with Crippen LogP contribution in [0.3, 0.4) is 0 Å². The molecule has 0 spiro atoms. The summed E-state index contributed by atoms with van der Waals surface area (Å²) in [6.45, 7) is 2.53. The van der Waals surface area contributed by atoms with Gasteiger partial charge in [0, 0.05) is 17.1 Å². The molecule has 1 N–H and O–H groups in total. The standard InChI is InChI=1S/C29H25NO6/c1-3-14-35-22-12-7-10-20(17-22)30-26(19-9-6-11-21(15-19)34-2)25(28(32)29(30)33)27(31)24-16-18-8-4-5-13-23(18)36-24/h4-13,15-17,26,32H,3,14H2,1-2H3. The van der Waals surface area contributed by atoms with E-state index in [1.165, 1.54) is 4.90 Å². The molecule has 0 aliphatic carbocycles. The average molecular weight is 484 g/mol. The summed E-state index contributed by atoms with van der Waals surface area (Å²) in [4.78, 5) is 28.6. The highest BCUT2D eigenvalue weighted by atomic mass is 16.5. The minimum absolute atomic E-state index is 0.0420. The number of benzene rings is 3. The van der Waals surface area contributed by atoms with Gasteiger partial charge in [0.1, 0.15) is 17.1 Å². The van der Waals surface area contributed by atoms with Crippen LogP contribution in [0.15, 0.2) is 94.6 Å². The van der Waals surface area contributed by atoms with Gasteiger partial charge in [-0.05, 0) is 48.4 Å². The Labute approximate surface area is 208 Å². The van der Waals surface area contributed by atoms with Crippen molar-refractivity contribution in [1.82, 2.24) is 0 Å². The Bertz CT molecular complexity index is 1450. The maximum Gasteiger partial charge on any atom is 0.294 e. The van der Waals surface area contributed by atoms with Gasteiger partial charge in [-0.2, -0.15) is 0 Å². The van der Waals surface area contributed by atoms with Crippen LogP contribution in [0.1, 0.15) is 35.5 Å². The fourth-order valence-electron chi connectivity index (χ4n) is 4.40. The monoisotopic (exact) mass is 483 g/mol. The molecule has 2 heterocycles. The van der Waals surface area contributed by atoms with Crippen LogP contribution in [0.5, 0.6) is 11.5 Å². The highest BCUT2D eigenvalue weighted by molar-refractivity contribution is 6.20. The molecule has 1 unspecified atom stereocenters. The van der Waals surface area contributed by atoms with E-state index in [0.717, 1.165) is 11.8 Å². The molecule has 1 aromatic heterocycles. The fraction of sp³-hybridized carbons (Fsp3) is 0.172. The Hall–Kier alpha value is -4.52. The Kier molecular flexibility index (Phi) is 6.21. The van der Waals surface area contributed by atoms with E-state index in [-0.39, 0.29) is 11.3 Å². The maximum atomic E-state index is 13.7. The van der Waals surface area contributed by atoms with Crippen molar-refractivity contribution < 1.29 is 28.6 Å². The Balaban J connectivity index is 1.63. The first-order chi connectivity index (χ1) is 17.5. The first-order valence-electron chi connectivity index (χ1n) is 11.7. The largest absolute Gasteiger partial charge is 0.503 e. The number of anilines is 1. The third-order valence-electron chi connectivity index (χ3n) is 6.08. The van der Waals surface area contributed by atoms with E-state index in [1.807, 2.05) is 25.1 Å². The number of ketones is 1. The van der Waals surface area contributed by atoms with Gasteiger partial charge in [0.25, 0.3) is 5.91 Å². The summed E-state index contributed by atoms with van der Waals surface area (Å²) >= 11 is 0. The van der Waals surface area contributed by atoms with Crippen LogP contribution in [0, 0.1) is 0 Å². The number of carbonyl (C=O) groups is 2. The molecular weight excluding hydrogens is 458 g/mol. The molecule has 7 nitrogen and oxygen atoms in total. The zero-order valence-corrected chi connectivity index (χ0v) is 19.9. The van der Waals surface area contributed by atoms with Gasteiger partial charge in [-0.25, -0.2) is 0 Å². The van der Waals surface area contributed by atoms with E-state index in [1.54, 1.807) is 67.8 Å². The van der Waals surface area contributed by atoms with E-state index in [0.29, 0.717) is 34.9 Å². The SMILES string of the molecule is CCCOc1cccc(N2C(=O)C(O)=C(C(=O)c3cc4ccccc4o3)C2c2cccc(OC)c2)c1. The molecule has 5 rings (SSSR count). The Morgan fingerprint density at radius 2 is 1.78 bits per heavy atom. The lowest BCUT2D eigenvalue weighted by Gasteiger charge is -2.27. The molecule has 0 saturated carbocycles. The number of nitrogens with zero attached hydrogens (tertiary/aromatic N) is 1. The minimum atomic E-state index is -0.908. The number of carbonyl (C=O) groups excluding carboxylic acids is 2. The van der Waals surface area contributed by atoms with E-state index in [9.17, 15) is 14.7 Å². The Morgan fingerprint density at radius 3 is 2.56 bits per heavy atom. The zero-order valence-electron chi connectivity index (χ0n) is 19.9. The van der Waals surface area contributed by atoms with Crippen LogP contribution in [0.25, 0.3) is 11.0 Å². The molecule has 1 aliphatic rings. The fourth-order valence-corrected chi connectivity index (χ4v) is 4.40. The number of hydrogen-bond donors (Lipinski definition) is 1. The topological polar surface area (TPSA) is 89.2 Å². The highest BCUT2D eigenvalue weighted by Gasteiger charge is 2.45. The number of fused-ring (bicyclic) bond motifs is 1. The number of hydrogen-bond acceptors (Lipinski definition) is 6. The number of amides is 1. The van der Waals surface area contributed by atoms with Crippen molar-refractivity contribution in [2.24, 2.45) is 0 Å². The molecule has 182 valence electrons. The molecule has 0 radical (unpaired) electrons. The normalized spacial score (nSPS) is 15.6. The quantitative estimate of drug-likeness (QED) is 0.309. The second-order valence-corrected chi connectivity index (χ2v) is 8.44. The molecule has 7 heteroatoms. The number of rotatable bonds is 8. The van der Waals surface area contributed by atoms with Crippen molar-refractivity contribution in [3.05, 3.63) is 102 Å². The number of methoxy groups -OCH3 is 1. The third kappa shape index (κ3) is 4.09. The predicted molar refractivity (Wildman–Crippen MR) is 136 cm³/mol. The summed E-state index contributed by atoms with van der Waals surface area (Å²) in [7, 11) is 1.54. The van der Waals surface area contributed by atoms with Gasteiger partial charge in [0.05, 0.1) is 25.3 Å². The van der Waals surface area contributed by atoms with Crippen molar-refractivity contribution in [1.29, 1.82) is 0 Å². The van der Waals surface area contributed by atoms with Gasteiger partial charge in [-0.1, -0.05) is 43.3 Å². The first-order valence-corrected chi connectivity index (χ1v) is 11.7. The van der Waals surface area contributed by atoms with Crippen molar-refractivity contribution in [3.8, 4) is 11.5 Å². The van der Waals surface area contributed by atoms with E-state index in [2.05, 4.69) is 0 Å². The smallest absolute Gasteiger partial charge is 0.294 e. The number of para-hydroxylation sites is 1. The number of Topliss-reactive ketones (excluding diaryl/α,β-unsaturated/α-hetero) is 1. The van der Waals surface area contributed by atoms with Crippen LogP contribution in [-0.2, 0) is 4.79 Å². The minimum Gasteiger partial charge on any atom is -0.503 e. The van der Waals surface area contributed by atoms with Crippen LogP contribution < -0.4 is 14.4 Å². The van der Waals surface area contributed by atoms with Gasteiger partial charge in [0.2, 0.25) is 5.78 Å². The molecule has 1 amide bonds. The van der Waals surface area contributed by atoms with Gasteiger partial charge in [-0.3, -0.25) is 14.5 Å². The summed E-state index contributed by atoms with van der Waals surface area (Å²) in [5.74, 6) is -0.681. The Morgan fingerprint density at radius 1 is 1.00 bits per heavy atom. The molecule has 36 heavy (non-hydrogen) atoms. The van der Waals surface area contributed by atoms with Crippen molar-refractivity contribution in [2.75, 3.05) is 18.6 Å². The maximum absolute atomic E-state index is 13.7. The second-order valence-electron chi connectivity index (χ2n) is 8.44. The lowest BCUT2D eigenvalue weighted by Crippen LogP contribution is -2.31. The summed E-state index contributed by atoms with van der Waals surface area (Å²) in [5, 5.41) is 11.8. The average Bonchev–Trinajstić information content (AvgIpc) is 3.46. The first kappa shape index (κ1) is 23.2. The number of aliphatic hydroxyl groups excluding tert-OH is 1. The van der Waals surface area contributed by atoms with Crippen LogP contribution >= 0.6 is 0 Å².